The summed E-state index contributed by atoms with van der Waals surface area (Å²) in [5.74, 6) is 0.745. The van der Waals surface area contributed by atoms with Gasteiger partial charge in [0.2, 0.25) is 0 Å². The molecule has 0 bridgehead atoms. The summed E-state index contributed by atoms with van der Waals surface area (Å²) < 4.78 is 6.01. The van der Waals surface area contributed by atoms with E-state index >= 15 is 0 Å². The first-order chi connectivity index (χ1) is 11.3. The van der Waals surface area contributed by atoms with E-state index in [1.165, 1.54) is 19.2 Å². The standard InChI is InChI=1S/C17H20N4O2/c22-16(21-8-9-23-17(11-21)6-1-2-7-17)14-5-3-4-13(10-14)15-18-12-19-20-15/h3-5,10,12H,1-2,6-9,11H2,(H,18,19,20). The van der Waals surface area contributed by atoms with Gasteiger partial charge in [-0.2, -0.15) is 5.10 Å². The van der Waals surface area contributed by atoms with Crippen LogP contribution in [-0.2, 0) is 4.74 Å². The van der Waals surface area contributed by atoms with Crippen LogP contribution in [0.2, 0.25) is 0 Å². The van der Waals surface area contributed by atoms with Crippen molar-refractivity contribution >= 4 is 5.91 Å². The van der Waals surface area contributed by atoms with E-state index in [1.54, 1.807) is 0 Å². The maximum atomic E-state index is 12.9. The summed E-state index contributed by atoms with van der Waals surface area (Å²) in [5, 5.41) is 6.70. The van der Waals surface area contributed by atoms with Crippen LogP contribution in [0.4, 0.5) is 0 Å². The third-order valence-corrected chi connectivity index (χ3v) is 4.85. The molecule has 1 aliphatic carbocycles. The molecule has 4 rings (SSSR count). The summed E-state index contributed by atoms with van der Waals surface area (Å²) in [6.45, 7) is 2.00. The van der Waals surface area contributed by atoms with Crippen LogP contribution in [-0.4, -0.2) is 51.3 Å². The first-order valence-electron chi connectivity index (χ1n) is 8.15. The molecule has 1 saturated carbocycles. The number of ether oxygens (including phenoxy) is 1. The minimum atomic E-state index is -0.101. The lowest BCUT2D eigenvalue weighted by Gasteiger charge is -2.40. The molecule has 1 N–H and O–H groups in total. The predicted molar refractivity (Wildman–Crippen MR) is 84.9 cm³/mol. The highest BCUT2D eigenvalue weighted by Crippen LogP contribution is 2.36. The van der Waals surface area contributed by atoms with Gasteiger partial charge in [0.05, 0.1) is 18.8 Å². The Bertz CT molecular complexity index is 692. The van der Waals surface area contributed by atoms with Crippen molar-refractivity contribution < 1.29 is 9.53 Å². The lowest BCUT2D eigenvalue weighted by atomic mass is 9.99. The zero-order valence-corrected chi connectivity index (χ0v) is 13.0. The Morgan fingerprint density at radius 3 is 2.96 bits per heavy atom. The van der Waals surface area contributed by atoms with Crippen molar-refractivity contribution in [2.45, 2.75) is 31.3 Å². The molecule has 0 atom stereocenters. The maximum Gasteiger partial charge on any atom is 0.254 e. The van der Waals surface area contributed by atoms with Gasteiger partial charge in [-0.15, -0.1) is 0 Å². The predicted octanol–water partition coefficient (Wildman–Crippen LogP) is 2.26. The molecule has 1 spiro atoms. The Hall–Kier alpha value is -2.21. The van der Waals surface area contributed by atoms with Crippen molar-refractivity contribution in [3.05, 3.63) is 36.2 Å². The lowest BCUT2D eigenvalue weighted by molar-refractivity contribution is -0.0948. The fourth-order valence-corrected chi connectivity index (χ4v) is 3.67. The maximum absolute atomic E-state index is 12.9. The summed E-state index contributed by atoms with van der Waals surface area (Å²) in [5.41, 5.74) is 1.46. The molecule has 2 fully saturated rings. The number of rotatable bonds is 2. The number of hydrogen-bond donors (Lipinski definition) is 1. The zero-order valence-electron chi connectivity index (χ0n) is 13.0. The van der Waals surface area contributed by atoms with Crippen LogP contribution in [0.25, 0.3) is 11.4 Å². The molecule has 1 saturated heterocycles. The van der Waals surface area contributed by atoms with Crippen LogP contribution < -0.4 is 0 Å². The molecule has 1 aliphatic heterocycles. The highest BCUT2D eigenvalue weighted by Gasteiger charge is 2.40. The number of morpholine rings is 1. The molecule has 0 unspecified atom stereocenters. The summed E-state index contributed by atoms with van der Waals surface area (Å²) >= 11 is 0. The molecule has 2 heterocycles. The summed E-state index contributed by atoms with van der Waals surface area (Å²) in [7, 11) is 0. The second kappa shape index (κ2) is 5.77. The largest absolute Gasteiger partial charge is 0.371 e. The van der Waals surface area contributed by atoms with Crippen LogP contribution in [0.5, 0.6) is 0 Å². The first-order valence-corrected chi connectivity index (χ1v) is 8.15. The average Bonchev–Trinajstić information content (AvgIpc) is 3.27. The normalized spacial score (nSPS) is 20.1. The smallest absolute Gasteiger partial charge is 0.254 e. The summed E-state index contributed by atoms with van der Waals surface area (Å²) in [6.07, 6.45) is 5.99. The third-order valence-electron chi connectivity index (χ3n) is 4.85. The number of carbonyl (C=O) groups excluding carboxylic acids is 1. The molecule has 1 aromatic heterocycles. The Kier molecular flexibility index (Phi) is 3.61. The van der Waals surface area contributed by atoms with Gasteiger partial charge in [-0.25, -0.2) is 4.98 Å². The number of amides is 1. The number of benzene rings is 1. The molecular weight excluding hydrogens is 292 g/mol. The Morgan fingerprint density at radius 1 is 1.30 bits per heavy atom. The van der Waals surface area contributed by atoms with E-state index in [0.29, 0.717) is 31.1 Å². The molecule has 2 aromatic rings. The van der Waals surface area contributed by atoms with Crippen molar-refractivity contribution in [3.63, 3.8) is 0 Å². The number of aromatic amines is 1. The van der Waals surface area contributed by atoms with E-state index < -0.39 is 0 Å². The van der Waals surface area contributed by atoms with E-state index in [0.717, 1.165) is 18.4 Å². The number of nitrogens with one attached hydrogen (secondary N) is 1. The number of aromatic nitrogens is 3. The van der Waals surface area contributed by atoms with Crippen LogP contribution in [0.3, 0.4) is 0 Å². The van der Waals surface area contributed by atoms with Crippen molar-refractivity contribution in [2.24, 2.45) is 0 Å². The van der Waals surface area contributed by atoms with Gasteiger partial charge in [0.1, 0.15) is 6.33 Å². The van der Waals surface area contributed by atoms with E-state index in [9.17, 15) is 4.79 Å². The Labute approximate surface area is 134 Å². The summed E-state index contributed by atoms with van der Waals surface area (Å²) in [4.78, 5) is 19.0. The molecule has 0 radical (unpaired) electrons. The quantitative estimate of drug-likeness (QED) is 0.923. The second-order valence-electron chi connectivity index (χ2n) is 6.38. The minimum absolute atomic E-state index is 0.0703. The van der Waals surface area contributed by atoms with Gasteiger partial charge in [-0.3, -0.25) is 9.89 Å². The highest BCUT2D eigenvalue weighted by molar-refractivity contribution is 5.95. The number of nitrogens with zero attached hydrogens (tertiary/aromatic N) is 3. The van der Waals surface area contributed by atoms with Crippen LogP contribution in [0, 0.1) is 0 Å². The van der Waals surface area contributed by atoms with Gasteiger partial charge in [0.15, 0.2) is 5.82 Å². The van der Waals surface area contributed by atoms with Crippen LogP contribution in [0.1, 0.15) is 36.0 Å². The molecule has 1 aromatic carbocycles. The SMILES string of the molecule is O=C(c1cccc(-c2ncn[nH]2)c1)N1CCOC2(CCCC2)C1. The van der Waals surface area contributed by atoms with Gasteiger partial charge < -0.3 is 9.64 Å². The molecule has 6 nitrogen and oxygen atoms in total. The first kappa shape index (κ1) is 14.4. The van der Waals surface area contributed by atoms with Crippen LogP contribution >= 0.6 is 0 Å². The van der Waals surface area contributed by atoms with Crippen molar-refractivity contribution in [2.75, 3.05) is 19.7 Å². The van der Waals surface area contributed by atoms with Crippen molar-refractivity contribution in [1.82, 2.24) is 20.1 Å². The molecule has 6 heteroatoms. The number of H-pyrrole nitrogens is 1. The van der Waals surface area contributed by atoms with Gasteiger partial charge >= 0.3 is 0 Å². The van der Waals surface area contributed by atoms with Crippen LogP contribution in [0.15, 0.2) is 30.6 Å². The van der Waals surface area contributed by atoms with Crippen molar-refractivity contribution in [3.8, 4) is 11.4 Å². The van der Waals surface area contributed by atoms with Gasteiger partial charge in [0.25, 0.3) is 5.91 Å². The minimum Gasteiger partial charge on any atom is -0.371 e. The topological polar surface area (TPSA) is 71.1 Å². The fraction of sp³-hybridized carbons (Fsp3) is 0.471. The average molecular weight is 312 g/mol. The fourth-order valence-electron chi connectivity index (χ4n) is 3.67. The van der Waals surface area contributed by atoms with Gasteiger partial charge in [-0.1, -0.05) is 25.0 Å². The molecule has 2 aliphatic rings. The number of hydrogen-bond acceptors (Lipinski definition) is 4. The molecule has 23 heavy (non-hydrogen) atoms. The second-order valence-corrected chi connectivity index (χ2v) is 6.38. The van der Waals surface area contributed by atoms with E-state index in [2.05, 4.69) is 15.2 Å². The lowest BCUT2D eigenvalue weighted by Crippen LogP contribution is -2.52. The van der Waals surface area contributed by atoms with Gasteiger partial charge in [-0.05, 0) is 25.0 Å². The zero-order chi connectivity index (χ0) is 15.7. The number of carbonyl (C=O) groups is 1. The molecular formula is C17H20N4O2. The Morgan fingerprint density at radius 2 is 2.17 bits per heavy atom. The Balaban J connectivity index is 1.56. The van der Waals surface area contributed by atoms with E-state index in [-0.39, 0.29) is 11.5 Å². The van der Waals surface area contributed by atoms with E-state index in [4.69, 9.17) is 4.74 Å². The highest BCUT2D eigenvalue weighted by atomic mass is 16.5. The third kappa shape index (κ3) is 2.74. The van der Waals surface area contributed by atoms with E-state index in [1.807, 2.05) is 29.2 Å². The van der Waals surface area contributed by atoms with Gasteiger partial charge in [0, 0.05) is 17.7 Å². The summed E-state index contributed by atoms with van der Waals surface area (Å²) in [6, 6.07) is 7.55. The molecule has 120 valence electrons. The molecule has 1 amide bonds. The van der Waals surface area contributed by atoms with Crippen molar-refractivity contribution in [1.29, 1.82) is 0 Å². The monoisotopic (exact) mass is 312 g/mol.